The second-order valence-electron chi connectivity index (χ2n) is 4.37. The van der Waals surface area contributed by atoms with Crippen LogP contribution in [0.15, 0.2) is 30.3 Å². The third-order valence-corrected chi connectivity index (χ3v) is 3.08. The lowest BCUT2D eigenvalue weighted by Crippen LogP contribution is -2.37. The number of aliphatic carboxylic acids is 1. The monoisotopic (exact) mass is 248 g/mol. The molecule has 2 amide bonds. The van der Waals surface area contributed by atoms with Crippen molar-refractivity contribution in [3.63, 3.8) is 0 Å². The Hall–Kier alpha value is -2.04. The van der Waals surface area contributed by atoms with E-state index < -0.39 is 5.97 Å². The van der Waals surface area contributed by atoms with Gasteiger partial charge in [-0.15, -0.1) is 0 Å². The van der Waals surface area contributed by atoms with E-state index in [2.05, 4.69) is 5.32 Å². The molecule has 0 aliphatic carbocycles. The van der Waals surface area contributed by atoms with Crippen molar-refractivity contribution in [2.24, 2.45) is 0 Å². The van der Waals surface area contributed by atoms with Crippen LogP contribution >= 0.6 is 0 Å². The minimum atomic E-state index is -0.874. The van der Waals surface area contributed by atoms with Crippen LogP contribution in [0.5, 0.6) is 0 Å². The Balaban J connectivity index is 1.93. The van der Waals surface area contributed by atoms with Crippen LogP contribution in [0.3, 0.4) is 0 Å². The first-order chi connectivity index (χ1) is 8.66. The molecule has 2 N–H and O–H groups in total. The Morgan fingerprint density at radius 2 is 2.11 bits per heavy atom. The summed E-state index contributed by atoms with van der Waals surface area (Å²) >= 11 is 0. The molecule has 5 nitrogen and oxygen atoms in total. The smallest absolute Gasteiger partial charge is 0.317 e. The molecule has 1 unspecified atom stereocenters. The fourth-order valence-corrected chi connectivity index (χ4v) is 2.14. The number of carbonyl (C=O) groups is 2. The van der Waals surface area contributed by atoms with Crippen LogP contribution in [0, 0.1) is 0 Å². The molecule has 0 saturated carbocycles. The first kappa shape index (κ1) is 12.4. The number of carboxylic acids is 1. The van der Waals surface area contributed by atoms with Crippen LogP contribution in [-0.2, 0) is 11.2 Å². The number of amides is 2. The molecular formula is C13H16N2O3. The number of carbonyl (C=O) groups excluding carboxylic acids is 1. The van der Waals surface area contributed by atoms with Crippen molar-refractivity contribution in [2.75, 3.05) is 13.1 Å². The molecule has 18 heavy (non-hydrogen) atoms. The van der Waals surface area contributed by atoms with Gasteiger partial charge in [0.05, 0.1) is 12.5 Å². The van der Waals surface area contributed by atoms with Crippen LogP contribution in [0.4, 0.5) is 4.79 Å². The summed E-state index contributed by atoms with van der Waals surface area (Å²) in [5.41, 5.74) is 1.14. The maximum Gasteiger partial charge on any atom is 0.317 e. The highest BCUT2D eigenvalue weighted by Crippen LogP contribution is 2.12. The highest BCUT2D eigenvalue weighted by atomic mass is 16.4. The first-order valence-electron chi connectivity index (χ1n) is 5.97. The van der Waals surface area contributed by atoms with E-state index >= 15 is 0 Å². The minimum absolute atomic E-state index is 0.00642. The van der Waals surface area contributed by atoms with Gasteiger partial charge in [-0.25, -0.2) is 4.79 Å². The average molecular weight is 248 g/mol. The maximum absolute atomic E-state index is 11.6. The lowest BCUT2D eigenvalue weighted by atomic mass is 10.1. The van der Waals surface area contributed by atoms with Crippen LogP contribution in [0.25, 0.3) is 0 Å². The number of carboxylic acid groups (broad SMARTS) is 1. The Morgan fingerprint density at radius 3 is 2.78 bits per heavy atom. The average Bonchev–Trinajstić information content (AvgIpc) is 2.68. The summed E-state index contributed by atoms with van der Waals surface area (Å²) in [6.07, 6.45) is 0.734. The zero-order valence-electron chi connectivity index (χ0n) is 10.0. The number of nitrogens with one attached hydrogen (secondary N) is 1. The van der Waals surface area contributed by atoms with E-state index in [-0.39, 0.29) is 18.5 Å². The third-order valence-electron chi connectivity index (χ3n) is 3.08. The van der Waals surface area contributed by atoms with E-state index in [4.69, 9.17) is 5.11 Å². The number of hydrogen-bond donors (Lipinski definition) is 2. The van der Waals surface area contributed by atoms with E-state index in [0.29, 0.717) is 13.1 Å². The lowest BCUT2D eigenvalue weighted by Gasteiger charge is -2.21. The van der Waals surface area contributed by atoms with Gasteiger partial charge in [-0.3, -0.25) is 4.79 Å². The van der Waals surface area contributed by atoms with Crippen molar-refractivity contribution in [3.05, 3.63) is 35.9 Å². The number of urea groups is 1. The highest BCUT2D eigenvalue weighted by molar-refractivity contribution is 5.78. The largest absolute Gasteiger partial charge is 0.481 e. The summed E-state index contributed by atoms with van der Waals surface area (Å²) < 4.78 is 0. The molecule has 1 atom stereocenters. The van der Waals surface area contributed by atoms with Gasteiger partial charge in [-0.05, 0) is 12.0 Å². The van der Waals surface area contributed by atoms with Crippen molar-refractivity contribution in [1.29, 1.82) is 0 Å². The molecule has 1 heterocycles. The number of rotatable bonds is 5. The van der Waals surface area contributed by atoms with Crippen LogP contribution in [0.2, 0.25) is 0 Å². The summed E-state index contributed by atoms with van der Waals surface area (Å²) in [7, 11) is 0. The number of hydrogen-bond acceptors (Lipinski definition) is 2. The molecule has 96 valence electrons. The Kier molecular flexibility index (Phi) is 3.82. The van der Waals surface area contributed by atoms with E-state index in [9.17, 15) is 9.59 Å². The van der Waals surface area contributed by atoms with Crippen LogP contribution < -0.4 is 5.32 Å². The fraction of sp³-hybridized carbons (Fsp3) is 0.385. The Labute approximate surface area is 105 Å². The van der Waals surface area contributed by atoms with Crippen molar-refractivity contribution >= 4 is 12.0 Å². The zero-order chi connectivity index (χ0) is 13.0. The normalized spacial score (nSPS) is 18.8. The molecule has 5 heteroatoms. The number of nitrogens with zero attached hydrogens (tertiary/aromatic N) is 1. The molecular weight excluding hydrogens is 232 g/mol. The topological polar surface area (TPSA) is 69.6 Å². The molecule has 0 bridgehead atoms. The van der Waals surface area contributed by atoms with Crippen molar-refractivity contribution in [1.82, 2.24) is 10.2 Å². The van der Waals surface area contributed by atoms with Gasteiger partial charge in [0.2, 0.25) is 0 Å². The number of benzene rings is 1. The molecule has 2 rings (SSSR count). The van der Waals surface area contributed by atoms with Crippen molar-refractivity contribution < 1.29 is 14.7 Å². The SMILES string of the molecule is O=C(O)CC1CNC(=O)N1CCc1ccccc1. The molecule has 1 aromatic rings. The summed E-state index contributed by atoms with van der Waals surface area (Å²) in [4.78, 5) is 23.9. The quantitative estimate of drug-likeness (QED) is 0.819. The van der Waals surface area contributed by atoms with Gasteiger partial charge in [-0.2, -0.15) is 0 Å². The Morgan fingerprint density at radius 1 is 1.39 bits per heavy atom. The minimum Gasteiger partial charge on any atom is -0.481 e. The standard InChI is InChI=1S/C13H16N2O3/c16-12(17)8-11-9-14-13(18)15(11)7-6-10-4-2-1-3-5-10/h1-5,11H,6-9H2,(H,14,18)(H,16,17). The lowest BCUT2D eigenvalue weighted by molar-refractivity contribution is -0.137. The van der Waals surface area contributed by atoms with Gasteiger partial charge in [0, 0.05) is 13.1 Å². The van der Waals surface area contributed by atoms with E-state index in [1.807, 2.05) is 30.3 Å². The van der Waals surface area contributed by atoms with E-state index in [0.717, 1.165) is 12.0 Å². The molecule has 0 radical (unpaired) electrons. The maximum atomic E-state index is 11.6. The predicted octanol–water partition coefficient (Wildman–Crippen LogP) is 1.10. The molecule has 1 aliphatic heterocycles. The summed E-state index contributed by atoms with van der Waals surface area (Å²) in [6, 6.07) is 9.44. The second-order valence-corrected chi connectivity index (χ2v) is 4.37. The van der Waals surface area contributed by atoms with Gasteiger partial charge >= 0.3 is 12.0 Å². The fourth-order valence-electron chi connectivity index (χ4n) is 2.14. The van der Waals surface area contributed by atoms with Gasteiger partial charge < -0.3 is 15.3 Å². The molecule has 0 aromatic heterocycles. The first-order valence-corrected chi connectivity index (χ1v) is 5.97. The zero-order valence-corrected chi connectivity index (χ0v) is 10.0. The molecule has 1 aliphatic rings. The summed E-state index contributed by atoms with van der Waals surface area (Å²) in [6.45, 7) is 0.966. The van der Waals surface area contributed by atoms with Gasteiger partial charge in [0.15, 0.2) is 0 Å². The molecule has 0 spiro atoms. The predicted molar refractivity (Wildman–Crippen MR) is 66.3 cm³/mol. The van der Waals surface area contributed by atoms with Gasteiger partial charge in [0.1, 0.15) is 0 Å². The Bertz CT molecular complexity index is 433. The van der Waals surface area contributed by atoms with Crippen molar-refractivity contribution in [3.8, 4) is 0 Å². The third kappa shape index (κ3) is 3.00. The van der Waals surface area contributed by atoms with Crippen molar-refractivity contribution in [2.45, 2.75) is 18.9 Å². The highest BCUT2D eigenvalue weighted by Gasteiger charge is 2.31. The second kappa shape index (κ2) is 5.53. The van der Waals surface area contributed by atoms with E-state index in [1.54, 1.807) is 4.90 Å². The summed E-state index contributed by atoms with van der Waals surface area (Å²) in [5, 5.41) is 11.5. The molecule has 1 aromatic carbocycles. The molecule has 1 saturated heterocycles. The van der Waals surface area contributed by atoms with Crippen LogP contribution in [0.1, 0.15) is 12.0 Å². The van der Waals surface area contributed by atoms with E-state index in [1.165, 1.54) is 0 Å². The van der Waals surface area contributed by atoms with Gasteiger partial charge in [0.25, 0.3) is 0 Å². The molecule has 1 fully saturated rings. The van der Waals surface area contributed by atoms with Gasteiger partial charge in [-0.1, -0.05) is 30.3 Å². The van der Waals surface area contributed by atoms with Crippen LogP contribution in [-0.4, -0.2) is 41.1 Å². The summed E-state index contributed by atoms with van der Waals surface area (Å²) in [5.74, 6) is -0.874.